The molecule has 0 atom stereocenters. The Bertz CT molecular complexity index is 1020. The molecule has 2 aromatic carbocycles. The van der Waals surface area contributed by atoms with Crippen LogP contribution in [0.15, 0.2) is 24.3 Å². The van der Waals surface area contributed by atoms with Crippen molar-refractivity contribution < 1.29 is 9.47 Å². The van der Waals surface area contributed by atoms with Gasteiger partial charge in [0.1, 0.15) is 0 Å². The molecule has 0 radical (unpaired) electrons. The molecule has 0 aromatic heterocycles. The Kier molecular flexibility index (Phi) is 8.88. The number of hydrogen-bond donors (Lipinski definition) is 0. The Morgan fingerprint density at radius 3 is 1.03 bits per heavy atom. The summed E-state index contributed by atoms with van der Waals surface area (Å²) in [6, 6.07) is 9.65. The predicted octanol–water partition coefficient (Wildman–Crippen LogP) is 7.89. The molecule has 1 heterocycles. The van der Waals surface area contributed by atoms with Crippen molar-refractivity contribution in [1.29, 1.82) is 0 Å². The van der Waals surface area contributed by atoms with E-state index in [4.69, 9.17) is 9.47 Å². The summed E-state index contributed by atoms with van der Waals surface area (Å²) in [5.41, 5.74) is 6.15. The molecule has 1 aliphatic rings. The van der Waals surface area contributed by atoms with Crippen LogP contribution >= 0.6 is 10.6 Å². The fourth-order valence-electron chi connectivity index (χ4n) is 4.22. The minimum atomic E-state index is -0.138. The van der Waals surface area contributed by atoms with Gasteiger partial charge in [0.2, 0.25) is 0 Å². The molecule has 0 bridgehead atoms. The zero-order chi connectivity index (χ0) is 27.4. The molecule has 0 amide bonds. The maximum atomic E-state index is 6.11. The molecule has 1 fully saturated rings. The van der Waals surface area contributed by atoms with Crippen molar-refractivity contribution in [3.05, 3.63) is 46.5 Å². The summed E-state index contributed by atoms with van der Waals surface area (Å²) in [5, 5.41) is 2.82. The molecule has 6 heteroatoms. The molecule has 3 rings (SSSR count). The summed E-state index contributed by atoms with van der Waals surface area (Å²) in [6.07, 6.45) is 0. The van der Waals surface area contributed by atoms with Crippen molar-refractivity contribution in [2.24, 2.45) is 0 Å². The van der Waals surface area contributed by atoms with Gasteiger partial charge in [0.05, 0.1) is 0 Å². The van der Waals surface area contributed by atoms with Gasteiger partial charge in [-0.25, -0.2) is 0 Å². The Hall–Kier alpha value is -0.0610. The van der Waals surface area contributed by atoms with Crippen molar-refractivity contribution in [3.63, 3.8) is 0 Å². The Labute approximate surface area is 234 Å². The van der Waals surface area contributed by atoms with Gasteiger partial charge in [-0.05, 0) is 0 Å². The van der Waals surface area contributed by atoms with Gasteiger partial charge in [-0.15, -0.1) is 0 Å². The third-order valence-electron chi connectivity index (χ3n) is 6.60. The number of rotatable bonds is 4. The van der Waals surface area contributed by atoms with Crippen LogP contribution in [0.3, 0.4) is 0 Å². The van der Waals surface area contributed by atoms with E-state index < -0.39 is 0 Å². The monoisotopic (exact) mass is 660 g/mol. The Balaban J connectivity index is 2.10. The zero-order valence-electron chi connectivity index (χ0n) is 24.8. The number of methoxy groups -OCH3 is 2. The fourth-order valence-corrected chi connectivity index (χ4v) is 44.4. The third-order valence-corrected chi connectivity index (χ3v) is 52.6. The van der Waals surface area contributed by atoms with Gasteiger partial charge in [-0.1, -0.05) is 0 Å². The van der Waals surface area contributed by atoms with Crippen LogP contribution < -0.4 is 20.1 Å². The summed E-state index contributed by atoms with van der Waals surface area (Å²) >= 11 is 1.16. The molecule has 2 aromatic rings. The van der Waals surface area contributed by atoms with Crippen molar-refractivity contribution >= 4 is 49.4 Å². The van der Waals surface area contributed by atoms with Gasteiger partial charge in [0, 0.05) is 0 Å². The average Bonchev–Trinajstić information content (AvgIpc) is 2.69. The summed E-state index contributed by atoms with van der Waals surface area (Å²) in [7, 11) is 3.73. The average molecular weight is 659 g/mol. The van der Waals surface area contributed by atoms with Crippen molar-refractivity contribution in [1.82, 2.24) is 0 Å². The molecule has 0 spiro atoms. The van der Waals surface area contributed by atoms with Crippen LogP contribution in [0.5, 0.6) is 11.5 Å². The molecule has 0 unspecified atom stereocenters. The van der Waals surface area contributed by atoms with Crippen LogP contribution in [0.2, 0.25) is 0 Å². The second-order valence-electron chi connectivity index (χ2n) is 13.8. The second kappa shape index (κ2) is 10.5. The van der Waals surface area contributed by atoms with Gasteiger partial charge >= 0.3 is 236 Å². The maximum absolute atomic E-state index is 6.11. The first kappa shape index (κ1) is 30.5. The van der Waals surface area contributed by atoms with Gasteiger partial charge in [0.15, 0.2) is 0 Å². The molecule has 2 nitrogen and oxygen atoms in total. The Morgan fingerprint density at radius 1 is 0.500 bits per heavy atom. The molecule has 1 aliphatic heterocycles. The SMILES string of the molecule is COc1cc(C(C)(C)C)cc(C(C)(C)C)c1P1[Se]P(c2c(OC)cc(C(C)(C)C)cc2C(C)(C)C)[Se]1. The van der Waals surface area contributed by atoms with Crippen LogP contribution in [0.25, 0.3) is 0 Å². The quantitative estimate of drug-likeness (QED) is 0.246. The van der Waals surface area contributed by atoms with E-state index in [1.165, 1.54) is 22.3 Å². The van der Waals surface area contributed by atoms with Crippen LogP contribution in [0, 0.1) is 0 Å². The van der Waals surface area contributed by atoms with Crippen LogP contribution in [-0.2, 0) is 21.7 Å². The summed E-state index contributed by atoms with van der Waals surface area (Å²) in [5.74, 6) is 2.26. The van der Waals surface area contributed by atoms with E-state index in [1.807, 2.05) is 14.2 Å². The third kappa shape index (κ3) is 6.39. The number of hydrogen-bond acceptors (Lipinski definition) is 2. The first-order chi connectivity index (χ1) is 16.3. The van der Waals surface area contributed by atoms with E-state index in [0.717, 1.165) is 11.5 Å². The zero-order valence-corrected chi connectivity index (χ0v) is 30.1. The van der Waals surface area contributed by atoms with Crippen LogP contribution in [0.1, 0.15) is 105 Å². The number of ether oxygens (including phenoxy) is 2. The molecular weight excluding hydrogens is 612 g/mol. The number of benzene rings is 2. The van der Waals surface area contributed by atoms with E-state index in [2.05, 4.69) is 107 Å². The molecular formula is C30H46O2P2Se2. The summed E-state index contributed by atoms with van der Waals surface area (Å²) in [6.45, 7) is 28.0. The topological polar surface area (TPSA) is 18.5 Å². The standard InChI is InChI=1S/C30H46O2P2Se2/c1-27(2,3)19-15-21(29(7,8)9)25(23(17-19)31-13)33-35-34(36-33)26-22(30(10,11)12)16-20(28(4,5)6)18-24(26)32-14/h15-18H,1-14H3. The molecule has 36 heavy (non-hydrogen) atoms. The van der Waals surface area contributed by atoms with Gasteiger partial charge in [-0.3, -0.25) is 0 Å². The second-order valence-corrected chi connectivity index (χ2v) is 39.4. The molecule has 0 saturated carbocycles. The first-order valence-corrected chi connectivity index (χ1v) is 24.3. The normalized spacial score (nSPS) is 19.2. The van der Waals surface area contributed by atoms with Crippen molar-refractivity contribution in [3.8, 4) is 11.5 Å². The van der Waals surface area contributed by atoms with E-state index in [-0.39, 0.29) is 32.3 Å². The van der Waals surface area contributed by atoms with Crippen LogP contribution in [-0.4, -0.2) is 42.4 Å². The Morgan fingerprint density at radius 2 is 0.806 bits per heavy atom. The van der Waals surface area contributed by atoms with Crippen molar-refractivity contribution in [2.45, 2.75) is 105 Å². The van der Waals surface area contributed by atoms with E-state index >= 15 is 0 Å². The molecule has 0 N–H and O–H groups in total. The minimum absolute atomic E-state index is 0.0966. The molecule has 200 valence electrons. The van der Waals surface area contributed by atoms with E-state index in [9.17, 15) is 0 Å². The first-order valence-electron chi connectivity index (χ1n) is 12.7. The predicted molar refractivity (Wildman–Crippen MR) is 165 cm³/mol. The van der Waals surface area contributed by atoms with Gasteiger partial charge < -0.3 is 0 Å². The van der Waals surface area contributed by atoms with Crippen LogP contribution in [0.4, 0.5) is 0 Å². The summed E-state index contributed by atoms with van der Waals surface area (Å²) in [4.78, 5) is 0. The molecule has 0 aliphatic carbocycles. The molecule has 1 saturated heterocycles. The fraction of sp³-hybridized carbons (Fsp3) is 0.600. The summed E-state index contributed by atoms with van der Waals surface area (Å²) < 4.78 is 12.2. The van der Waals surface area contributed by atoms with E-state index in [0.29, 0.717) is 28.1 Å². The van der Waals surface area contributed by atoms with Gasteiger partial charge in [-0.2, -0.15) is 0 Å². The van der Waals surface area contributed by atoms with Gasteiger partial charge in [0.25, 0.3) is 0 Å². The van der Waals surface area contributed by atoms with E-state index in [1.54, 1.807) is 10.6 Å². The van der Waals surface area contributed by atoms with Crippen molar-refractivity contribution in [2.75, 3.05) is 14.2 Å².